The van der Waals surface area contributed by atoms with E-state index in [0.29, 0.717) is 24.6 Å². The number of anilines is 3. The summed E-state index contributed by atoms with van der Waals surface area (Å²) < 4.78 is 5.36. The molecule has 3 rings (SSSR count). The van der Waals surface area contributed by atoms with Gasteiger partial charge in [-0.25, -0.2) is 4.79 Å². The van der Waals surface area contributed by atoms with E-state index in [1.54, 1.807) is 13.1 Å². The van der Waals surface area contributed by atoms with Crippen LogP contribution in [0.4, 0.5) is 21.9 Å². The van der Waals surface area contributed by atoms with Crippen LogP contribution < -0.4 is 20.9 Å². The van der Waals surface area contributed by atoms with Crippen molar-refractivity contribution in [2.24, 2.45) is 0 Å². The number of nitrogens with zero attached hydrogens (tertiary/aromatic N) is 2. The fourth-order valence-corrected chi connectivity index (χ4v) is 3.60. The number of benzene rings is 2. The van der Waals surface area contributed by atoms with E-state index in [-0.39, 0.29) is 19.0 Å². The van der Waals surface area contributed by atoms with Crippen molar-refractivity contribution < 1.29 is 19.1 Å². The first-order valence-electron chi connectivity index (χ1n) is 10.9. The highest BCUT2D eigenvalue weighted by atomic mass is 16.5. The maximum atomic E-state index is 12.3. The number of imide groups is 1. The number of hydrogen-bond acceptors (Lipinski definition) is 6. The lowest BCUT2D eigenvalue weighted by Crippen LogP contribution is -2.42. The van der Waals surface area contributed by atoms with Crippen LogP contribution in [0, 0.1) is 13.8 Å². The predicted octanol–water partition coefficient (Wildman–Crippen LogP) is 2.36. The largest absolute Gasteiger partial charge is 0.378 e. The number of hydrogen-bond donors (Lipinski definition) is 3. The molecule has 9 heteroatoms. The Bertz CT molecular complexity index is 987. The molecule has 1 heterocycles. The Morgan fingerprint density at radius 1 is 0.939 bits per heavy atom. The normalized spacial score (nSPS) is 13.5. The van der Waals surface area contributed by atoms with E-state index >= 15 is 0 Å². The van der Waals surface area contributed by atoms with Crippen LogP contribution in [-0.4, -0.2) is 69.2 Å². The molecule has 1 fully saturated rings. The summed E-state index contributed by atoms with van der Waals surface area (Å²) in [6.07, 6.45) is 0. The molecule has 0 aromatic heterocycles. The van der Waals surface area contributed by atoms with Crippen LogP contribution in [0.2, 0.25) is 0 Å². The summed E-state index contributed by atoms with van der Waals surface area (Å²) in [5, 5.41) is 7.78. The molecule has 2 aromatic rings. The minimum atomic E-state index is -0.606. The third-order valence-electron chi connectivity index (χ3n) is 5.24. The van der Waals surface area contributed by atoms with Crippen molar-refractivity contribution in [3.8, 4) is 0 Å². The second-order valence-corrected chi connectivity index (χ2v) is 8.19. The number of rotatable bonds is 7. The van der Waals surface area contributed by atoms with Gasteiger partial charge in [0.05, 0.1) is 26.3 Å². The molecule has 9 nitrogen and oxygen atoms in total. The Morgan fingerprint density at radius 2 is 1.61 bits per heavy atom. The number of morpholine rings is 1. The zero-order valence-electron chi connectivity index (χ0n) is 19.3. The van der Waals surface area contributed by atoms with Crippen molar-refractivity contribution in [2.75, 3.05) is 62.0 Å². The number of amides is 4. The third-order valence-corrected chi connectivity index (χ3v) is 5.24. The topological polar surface area (TPSA) is 103 Å². The summed E-state index contributed by atoms with van der Waals surface area (Å²) in [4.78, 5) is 40.4. The molecule has 0 saturated carbocycles. The van der Waals surface area contributed by atoms with Crippen molar-refractivity contribution >= 4 is 34.9 Å². The predicted molar refractivity (Wildman–Crippen MR) is 129 cm³/mol. The monoisotopic (exact) mass is 453 g/mol. The molecule has 0 unspecified atom stereocenters. The molecule has 2 aromatic carbocycles. The van der Waals surface area contributed by atoms with Gasteiger partial charge in [0.25, 0.3) is 0 Å². The van der Waals surface area contributed by atoms with Gasteiger partial charge in [-0.1, -0.05) is 17.7 Å². The highest BCUT2D eigenvalue weighted by Gasteiger charge is 2.15. The van der Waals surface area contributed by atoms with E-state index in [1.165, 1.54) is 4.90 Å². The minimum absolute atomic E-state index is 0.0112. The first-order valence-corrected chi connectivity index (χ1v) is 10.9. The van der Waals surface area contributed by atoms with Gasteiger partial charge >= 0.3 is 6.03 Å². The Labute approximate surface area is 194 Å². The summed E-state index contributed by atoms with van der Waals surface area (Å²) in [6, 6.07) is 12.6. The number of carbonyl (C=O) groups is 3. The molecule has 4 amide bonds. The molecule has 0 spiro atoms. The van der Waals surface area contributed by atoms with Gasteiger partial charge in [0, 0.05) is 30.2 Å². The van der Waals surface area contributed by atoms with Crippen LogP contribution in [0.1, 0.15) is 11.1 Å². The number of carbonyl (C=O) groups excluding carboxylic acids is 3. The smallest absolute Gasteiger partial charge is 0.325 e. The summed E-state index contributed by atoms with van der Waals surface area (Å²) in [5.41, 5.74) is 4.40. The van der Waals surface area contributed by atoms with Gasteiger partial charge in [-0.15, -0.1) is 0 Å². The van der Waals surface area contributed by atoms with Crippen LogP contribution in [0.3, 0.4) is 0 Å². The van der Waals surface area contributed by atoms with Crippen LogP contribution in [-0.2, 0) is 14.3 Å². The van der Waals surface area contributed by atoms with Crippen molar-refractivity contribution in [1.82, 2.24) is 10.2 Å². The molecular weight excluding hydrogens is 422 g/mol. The quantitative estimate of drug-likeness (QED) is 0.595. The van der Waals surface area contributed by atoms with Gasteiger partial charge in [-0.3, -0.25) is 19.8 Å². The summed E-state index contributed by atoms with van der Waals surface area (Å²) in [6.45, 7) is 6.89. The van der Waals surface area contributed by atoms with E-state index < -0.39 is 11.9 Å². The molecule has 1 aliphatic heterocycles. The van der Waals surface area contributed by atoms with E-state index in [9.17, 15) is 14.4 Å². The SMILES string of the molecule is Cc1ccc(NC(=O)NC(=O)CN(C)CC(=O)Nc2ccc(N3CCOCC3)cc2)c(C)c1. The van der Waals surface area contributed by atoms with Crippen molar-refractivity contribution in [3.05, 3.63) is 53.6 Å². The maximum Gasteiger partial charge on any atom is 0.325 e. The van der Waals surface area contributed by atoms with Gasteiger partial charge in [0.15, 0.2) is 0 Å². The van der Waals surface area contributed by atoms with Crippen molar-refractivity contribution in [2.45, 2.75) is 13.8 Å². The lowest BCUT2D eigenvalue weighted by atomic mass is 10.1. The summed E-state index contributed by atoms with van der Waals surface area (Å²) in [7, 11) is 1.64. The Hall–Kier alpha value is -3.43. The number of urea groups is 1. The molecule has 1 saturated heterocycles. The average molecular weight is 454 g/mol. The molecule has 0 atom stereocenters. The Kier molecular flexibility index (Phi) is 8.39. The van der Waals surface area contributed by atoms with E-state index in [4.69, 9.17) is 4.74 Å². The molecule has 0 radical (unpaired) electrons. The standard InChI is InChI=1S/C24H31N5O4/c1-17-4-9-21(18(2)14-17)26-24(32)27-23(31)16-28(3)15-22(30)25-19-5-7-20(8-6-19)29-10-12-33-13-11-29/h4-9,14H,10-13,15-16H2,1-3H3,(H,25,30)(H2,26,27,31,32). The lowest BCUT2D eigenvalue weighted by molar-refractivity contribution is -0.122. The molecule has 1 aliphatic rings. The zero-order valence-corrected chi connectivity index (χ0v) is 19.3. The highest BCUT2D eigenvalue weighted by Crippen LogP contribution is 2.19. The summed E-state index contributed by atoms with van der Waals surface area (Å²) in [5.74, 6) is -0.744. The fourth-order valence-electron chi connectivity index (χ4n) is 3.60. The fraction of sp³-hybridized carbons (Fsp3) is 0.375. The second-order valence-electron chi connectivity index (χ2n) is 8.19. The van der Waals surface area contributed by atoms with Crippen LogP contribution >= 0.6 is 0 Å². The van der Waals surface area contributed by atoms with E-state index in [0.717, 1.165) is 29.9 Å². The van der Waals surface area contributed by atoms with E-state index in [2.05, 4.69) is 20.9 Å². The van der Waals surface area contributed by atoms with Crippen LogP contribution in [0.25, 0.3) is 0 Å². The minimum Gasteiger partial charge on any atom is -0.378 e. The number of aryl methyl sites for hydroxylation is 2. The Balaban J connectivity index is 1.41. The molecule has 176 valence electrons. The average Bonchev–Trinajstić information content (AvgIpc) is 2.76. The van der Waals surface area contributed by atoms with E-state index in [1.807, 2.05) is 50.2 Å². The van der Waals surface area contributed by atoms with Crippen LogP contribution in [0.5, 0.6) is 0 Å². The second kappa shape index (κ2) is 11.4. The molecule has 0 bridgehead atoms. The summed E-state index contributed by atoms with van der Waals surface area (Å²) >= 11 is 0. The number of ether oxygens (including phenoxy) is 1. The third kappa shape index (κ3) is 7.58. The van der Waals surface area contributed by atoms with Crippen LogP contribution in [0.15, 0.2) is 42.5 Å². The molecular formula is C24H31N5O4. The van der Waals surface area contributed by atoms with Crippen molar-refractivity contribution in [1.29, 1.82) is 0 Å². The van der Waals surface area contributed by atoms with Crippen molar-refractivity contribution in [3.63, 3.8) is 0 Å². The first-order chi connectivity index (χ1) is 15.8. The first kappa shape index (κ1) is 24.2. The lowest BCUT2D eigenvalue weighted by Gasteiger charge is -2.28. The van der Waals surface area contributed by atoms with Gasteiger partial charge in [0.1, 0.15) is 0 Å². The zero-order chi connectivity index (χ0) is 23.8. The van der Waals surface area contributed by atoms with Gasteiger partial charge in [-0.2, -0.15) is 0 Å². The van der Waals surface area contributed by atoms with Gasteiger partial charge in [-0.05, 0) is 56.8 Å². The number of nitrogens with one attached hydrogen (secondary N) is 3. The van der Waals surface area contributed by atoms with Gasteiger partial charge < -0.3 is 20.3 Å². The molecule has 3 N–H and O–H groups in total. The highest BCUT2D eigenvalue weighted by molar-refractivity contribution is 6.02. The molecule has 0 aliphatic carbocycles. The molecule has 33 heavy (non-hydrogen) atoms. The Morgan fingerprint density at radius 3 is 2.27 bits per heavy atom. The van der Waals surface area contributed by atoms with Gasteiger partial charge in [0.2, 0.25) is 11.8 Å². The number of likely N-dealkylation sites (N-methyl/N-ethyl adjacent to an activating group) is 1. The maximum absolute atomic E-state index is 12.3.